The maximum atomic E-state index is 9.11. The van der Waals surface area contributed by atoms with E-state index >= 15 is 0 Å². The topological polar surface area (TPSA) is 80.4 Å². The molecule has 2 heterocycles. The van der Waals surface area contributed by atoms with Crippen molar-refractivity contribution in [2.75, 3.05) is 20.3 Å². The molecular formula is C9H15N3O3. The average Bonchev–Trinajstić information content (AvgIpc) is 2.77. The third-order valence-electron chi connectivity index (χ3n) is 2.78. The number of aliphatic hydroxyl groups is 1. The summed E-state index contributed by atoms with van der Waals surface area (Å²) in [5.74, 6) is 0.740. The molecule has 1 fully saturated rings. The van der Waals surface area contributed by atoms with Crippen molar-refractivity contribution in [1.29, 1.82) is 0 Å². The van der Waals surface area contributed by atoms with Gasteiger partial charge in [0.1, 0.15) is 0 Å². The van der Waals surface area contributed by atoms with Gasteiger partial charge in [0.15, 0.2) is 5.69 Å². The molecule has 15 heavy (non-hydrogen) atoms. The highest BCUT2D eigenvalue weighted by molar-refractivity contribution is 5.19. The Morgan fingerprint density at radius 1 is 1.60 bits per heavy atom. The van der Waals surface area contributed by atoms with Crippen LogP contribution in [-0.4, -0.2) is 35.7 Å². The first-order chi connectivity index (χ1) is 7.35. The highest BCUT2D eigenvalue weighted by Gasteiger charge is 2.27. The zero-order chi connectivity index (χ0) is 10.7. The van der Waals surface area contributed by atoms with Gasteiger partial charge < -0.3 is 15.2 Å². The fourth-order valence-corrected chi connectivity index (χ4v) is 1.91. The van der Waals surface area contributed by atoms with Crippen LogP contribution in [0, 0.1) is 5.92 Å². The highest BCUT2D eigenvalue weighted by atomic mass is 16.6. The lowest BCUT2D eigenvalue weighted by Gasteiger charge is -2.27. The lowest BCUT2D eigenvalue weighted by atomic mass is 9.92. The second-order valence-electron chi connectivity index (χ2n) is 3.74. The summed E-state index contributed by atoms with van der Waals surface area (Å²) >= 11 is 0. The fraction of sp³-hybridized carbons (Fsp3) is 0.778. The summed E-state index contributed by atoms with van der Waals surface area (Å²) in [6.45, 7) is 1.08. The summed E-state index contributed by atoms with van der Waals surface area (Å²) in [5.41, 5.74) is 0.690. The molecule has 1 aromatic rings. The van der Waals surface area contributed by atoms with Gasteiger partial charge in [-0.05, 0) is 35.6 Å². The van der Waals surface area contributed by atoms with E-state index in [1.807, 2.05) is 0 Å². The van der Waals surface area contributed by atoms with Crippen LogP contribution in [0.5, 0.6) is 5.88 Å². The van der Waals surface area contributed by atoms with Gasteiger partial charge in [-0.3, -0.25) is 0 Å². The van der Waals surface area contributed by atoms with Crippen LogP contribution in [0.25, 0.3) is 0 Å². The molecule has 2 atom stereocenters. The number of hydrogen-bond donors (Lipinski definition) is 2. The minimum atomic E-state index is 0.0668. The van der Waals surface area contributed by atoms with Crippen LogP contribution in [0.2, 0.25) is 0 Å². The van der Waals surface area contributed by atoms with Crippen LogP contribution in [-0.2, 0) is 0 Å². The molecule has 0 radical (unpaired) electrons. The molecule has 0 saturated carbocycles. The molecule has 1 aliphatic heterocycles. The third-order valence-corrected chi connectivity index (χ3v) is 2.78. The number of hydrogen-bond acceptors (Lipinski definition) is 6. The van der Waals surface area contributed by atoms with E-state index in [2.05, 4.69) is 20.3 Å². The molecule has 2 rings (SSSR count). The zero-order valence-electron chi connectivity index (χ0n) is 8.64. The number of piperidine rings is 1. The first kappa shape index (κ1) is 10.4. The summed E-state index contributed by atoms with van der Waals surface area (Å²) in [6, 6.07) is 0.0668. The molecule has 6 nitrogen and oxygen atoms in total. The first-order valence-electron chi connectivity index (χ1n) is 5.05. The van der Waals surface area contributed by atoms with Crippen LogP contribution in [0.4, 0.5) is 0 Å². The van der Waals surface area contributed by atoms with Gasteiger partial charge in [0.2, 0.25) is 0 Å². The standard InChI is InChI=1S/C9H15N3O3/c1-14-9-8(11-15-12-9)7-4-6(5-13)2-3-10-7/h6-7,10,13H,2-5H2,1H3. The lowest BCUT2D eigenvalue weighted by Crippen LogP contribution is -2.33. The molecule has 1 saturated heterocycles. The largest absolute Gasteiger partial charge is 0.477 e. The Kier molecular flexibility index (Phi) is 3.17. The van der Waals surface area contributed by atoms with E-state index in [1.54, 1.807) is 0 Å². The van der Waals surface area contributed by atoms with Crippen molar-refractivity contribution in [3.8, 4) is 5.88 Å². The van der Waals surface area contributed by atoms with Crippen LogP contribution >= 0.6 is 0 Å². The summed E-state index contributed by atoms with van der Waals surface area (Å²) in [6.07, 6.45) is 1.82. The Balaban J connectivity index is 2.09. The van der Waals surface area contributed by atoms with Gasteiger partial charge in [0.25, 0.3) is 5.88 Å². The van der Waals surface area contributed by atoms with Gasteiger partial charge in [0.05, 0.1) is 13.2 Å². The van der Waals surface area contributed by atoms with Gasteiger partial charge in [-0.15, -0.1) is 0 Å². The second kappa shape index (κ2) is 4.59. The van der Waals surface area contributed by atoms with E-state index < -0.39 is 0 Å². The van der Waals surface area contributed by atoms with Crippen molar-refractivity contribution in [2.45, 2.75) is 18.9 Å². The SMILES string of the molecule is COc1nonc1C1CC(CO)CCN1. The summed E-state index contributed by atoms with van der Waals surface area (Å²) in [4.78, 5) is 0. The molecule has 1 aliphatic rings. The Hall–Kier alpha value is -1.14. The van der Waals surface area contributed by atoms with Crippen molar-refractivity contribution < 1.29 is 14.5 Å². The number of nitrogens with one attached hydrogen (secondary N) is 1. The molecule has 84 valence electrons. The monoisotopic (exact) mass is 213 g/mol. The molecule has 0 bridgehead atoms. The van der Waals surface area contributed by atoms with Crippen molar-refractivity contribution in [2.24, 2.45) is 5.92 Å². The van der Waals surface area contributed by atoms with Gasteiger partial charge in [0, 0.05) is 6.61 Å². The number of methoxy groups -OCH3 is 1. The Morgan fingerprint density at radius 3 is 3.20 bits per heavy atom. The van der Waals surface area contributed by atoms with Crippen LogP contribution in [0.15, 0.2) is 4.63 Å². The Bertz CT molecular complexity index is 315. The zero-order valence-corrected chi connectivity index (χ0v) is 8.64. The number of nitrogens with zero attached hydrogens (tertiary/aromatic N) is 2. The van der Waals surface area contributed by atoms with Crippen LogP contribution < -0.4 is 10.1 Å². The normalized spacial score (nSPS) is 26.5. The summed E-state index contributed by atoms with van der Waals surface area (Å²) in [7, 11) is 1.54. The van der Waals surface area contributed by atoms with Gasteiger partial charge in [-0.1, -0.05) is 0 Å². The minimum absolute atomic E-state index is 0.0668. The first-order valence-corrected chi connectivity index (χ1v) is 5.05. The molecule has 2 unspecified atom stereocenters. The fourth-order valence-electron chi connectivity index (χ4n) is 1.91. The molecule has 0 aromatic carbocycles. The quantitative estimate of drug-likeness (QED) is 0.741. The maximum absolute atomic E-state index is 9.11. The van der Waals surface area contributed by atoms with E-state index in [4.69, 9.17) is 9.84 Å². The smallest absolute Gasteiger partial charge is 0.280 e. The Morgan fingerprint density at radius 2 is 2.47 bits per heavy atom. The van der Waals surface area contributed by atoms with Crippen molar-refractivity contribution >= 4 is 0 Å². The predicted octanol–water partition coefficient (Wildman–Crippen LogP) is 0.111. The molecule has 0 spiro atoms. The molecule has 2 N–H and O–H groups in total. The van der Waals surface area contributed by atoms with Crippen molar-refractivity contribution in [1.82, 2.24) is 15.6 Å². The van der Waals surface area contributed by atoms with Crippen LogP contribution in [0.1, 0.15) is 24.6 Å². The van der Waals surface area contributed by atoms with E-state index in [1.165, 1.54) is 7.11 Å². The predicted molar refractivity (Wildman–Crippen MR) is 51.4 cm³/mol. The van der Waals surface area contributed by atoms with Crippen molar-refractivity contribution in [3.63, 3.8) is 0 Å². The Labute approximate surface area is 87.6 Å². The number of aliphatic hydroxyl groups excluding tert-OH is 1. The molecule has 0 amide bonds. The number of aromatic nitrogens is 2. The van der Waals surface area contributed by atoms with Gasteiger partial charge in [-0.2, -0.15) is 0 Å². The molecular weight excluding hydrogens is 198 g/mol. The number of ether oxygens (including phenoxy) is 1. The maximum Gasteiger partial charge on any atom is 0.280 e. The highest BCUT2D eigenvalue weighted by Crippen LogP contribution is 2.30. The van der Waals surface area contributed by atoms with Gasteiger partial charge in [-0.25, -0.2) is 4.63 Å². The average molecular weight is 213 g/mol. The molecule has 0 aliphatic carbocycles. The summed E-state index contributed by atoms with van der Waals surface area (Å²) < 4.78 is 9.67. The van der Waals surface area contributed by atoms with E-state index in [0.717, 1.165) is 19.4 Å². The van der Waals surface area contributed by atoms with Gasteiger partial charge >= 0.3 is 0 Å². The summed E-state index contributed by atoms with van der Waals surface area (Å²) in [5, 5.41) is 19.9. The lowest BCUT2D eigenvalue weighted by molar-refractivity contribution is 0.173. The third kappa shape index (κ3) is 2.10. The van der Waals surface area contributed by atoms with E-state index in [-0.39, 0.29) is 12.6 Å². The number of rotatable bonds is 3. The van der Waals surface area contributed by atoms with E-state index in [0.29, 0.717) is 17.5 Å². The van der Waals surface area contributed by atoms with Crippen LogP contribution in [0.3, 0.4) is 0 Å². The van der Waals surface area contributed by atoms with Crippen molar-refractivity contribution in [3.05, 3.63) is 5.69 Å². The second-order valence-corrected chi connectivity index (χ2v) is 3.74. The molecule has 1 aromatic heterocycles. The van der Waals surface area contributed by atoms with E-state index in [9.17, 15) is 0 Å². The minimum Gasteiger partial charge on any atom is -0.477 e. The molecule has 6 heteroatoms.